The minimum atomic E-state index is -0.151. The van der Waals surface area contributed by atoms with Crippen LogP contribution in [0.4, 0.5) is 5.82 Å². The molecule has 5 nitrogen and oxygen atoms in total. The van der Waals surface area contributed by atoms with Gasteiger partial charge in [0.05, 0.1) is 0 Å². The van der Waals surface area contributed by atoms with Gasteiger partial charge in [-0.05, 0) is 33.6 Å². The average Bonchev–Trinajstić information content (AvgIpc) is 2.70. The van der Waals surface area contributed by atoms with Crippen LogP contribution in [-0.2, 0) is 11.2 Å². The molecule has 1 aromatic heterocycles. The number of aryl methyl sites for hydroxylation is 2. The van der Waals surface area contributed by atoms with Gasteiger partial charge in [0, 0.05) is 24.3 Å². The van der Waals surface area contributed by atoms with E-state index in [1.165, 1.54) is 0 Å². The number of hydrogen-bond donors (Lipinski definition) is 1. The maximum absolute atomic E-state index is 12.2. The van der Waals surface area contributed by atoms with E-state index >= 15 is 0 Å². The number of rotatable bonds is 4. The lowest BCUT2D eigenvalue weighted by molar-refractivity contribution is -0.129. The number of likely N-dealkylation sites (tertiary alicyclic amines) is 1. The molecular formula is C14H22N4O. The SMILES string of the molecule is CCc1cc(NC2CCN(C(C)C)C2=O)nc(C)n1. The molecule has 5 heteroatoms. The largest absolute Gasteiger partial charge is 0.358 e. The van der Waals surface area contributed by atoms with Crippen LogP contribution in [0.2, 0.25) is 0 Å². The molecule has 1 aliphatic rings. The normalized spacial score (nSPS) is 19.3. The number of carbonyl (C=O) groups excluding carboxylic acids is 1. The number of nitrogens with zero attached hydrogens (tertiary/aromatic N) is 3. The molecule has 0 bridgehead atoms. The third-order valence-corrected chi connectivity index (χ3v) is 3.44. The summed E-state index contributed by atoms with van der Waals surface area (Å²) in [5.41, 5.74) is 1.00. The van der Waals surface area contributed by atoms with Gasteiger partial charge >= 0.3 is 0 Å². The Morgan fingerprint density at radius 2 is 2.21 bits per heavy atom. The van der Waals surface area contributed by atoms with Crippen molar-refractivity contribution in [1.82, 2.24) is 14.9 Å². The van der Waals surface area contributed by atoms with Gasteiger partial charge in [0.25, 0.3) is 0 Å². The van der Waals surface area contributed by atoms with Crippen molar-refractivity contribution in [3.8, 4) is 0 Å². The second-order valence-corrected chi connectivity index (χ2v) is 5.26. The highest BCUT2D eigenvalue weighted by Gasteiger charge is 2.33. The predicted octanol–water partition coefficient (Wildman–Crippen LogP) is 1.77. The van der Waals surface area contributed by atoms with Crippen molar-refractivity contribution < 1.29 is 4.79 Å². The predicted molar refractivity (Wildman–Crippen MR) is 75.0 cm³/mol. The molecule has 0 aromatic carbocycles. The lowest BCUT2D eigenvalue weighted by Crippen LogP contribution is -2.37. The summed E-state index contributed by atoms with van der Waals surface area (Å²) in [6, 6.07) is 2.04. The molecule has 2 heterocycles. The monoisotopic (exact) mass is 262 g/mol. The molecule has 104 valence electrons. The summed E-state index contributed by atoms with van der Waals surface area (Å²) in [5.74, 6) is 1.67. The molecule has 1 amide bonds. The van der Waals surface area contributed by atoms with Crippen LogP contribution < -0.4 is 5.32 Å². The van der Waals surface area contributed by atoms with Crippen molar-refractivity contribution in [3.05, 3.63) is 17.6 Å². The van der Waals surface area contributed by atoms with Crippen LogP contribution in [0.25, 0.3) is 0 Å². The highest BCUT2D eigenvalue weighted by molar-refractivity contribution is 5.86. The number of anilines is 1. The fourth-order valence-corrected chi connectivity index (χ4v) is 2.41. The fourth-order valence-electron chi connectivity index (χ4n) is 2.41. The Labute approximate surface area is 114 Å². The van der Waals surface area contributed by atoms with Crippen LogP contribution in [0.15, 0.2) is 6.07 Å². The highest BCUT2D eigenvalue weighted by Crippen LogP contribution is 2.18. The molecule has 0 saturated carbocycles. The Morgan fingerprint density at radius 1 is 1.47 bits per heavy atom. The molecule has 1 fully saturated rings. The van der Waals surface area contributed by atoms with Crippen molar-refractivity contribution in [1.29, 1.82) is 0 Å². The van der Waals surface area contributed by atoms with Gasteiger partial charge in [0.2, 0.25) is 5.91 Å². The molecule has 0 spiro atoms. The first-order valence-corrected chi connectivity index (χ1v) is 6.92. The van der Waals surface area contributed by atoms with E-state index in [1.807, 2.05) is 31.7 Å². The van der Waals surface area contributed by atoms with E-state index < -0.39 is 0 Å². The van der Waals surface area contributed by atoms with Crippen LogP contribution in [0.5, 0.6) is 0 Å². The van der Waals surface area contributed by atoms with Crippen molar-refractivity contribution in [3.63, 3.8) is 0 Å². The second-order valence-electron chi connectivity index (χ2n) is 5.26. The summed E-state index contributed by atoms with van der Waals surface area (Å²) in [7, 11) is 0. The molecule has 1 N–H and O–H groups in total. The smallest absolute Gasteiger partial charge is 0.245 e. The minimum absolute atomic E-state index is 0.151. The van der Waals surface area contributed by atoms with Crippen LogP contribution in [0, 0.1) is 6.92 Å². The van der Waals surface area contributed by atoms with Crippen LogP contribution >= 0.6 is 0 Å². The second kappa shape index (κ2) is 5.55. The van der Waals surface area contributed by atoms with Gasteiger partial charge in [-0.25, -0.2) is 9.97 Å². The molecule has 0 radical (unpaired) electrons. The number of amides is 1. The van der Waals surface area contributed by atoms with Gasteiger partial charge in [0.1, 0.15) is 17.7 Å². The van der Waals surface area contributed by atoms with Gasteiger partial charge in [0.15, 0.2) is 0 Å². The van der Waals surface area contributed by atoms with E-state index in [0.717, 1.165) is 36.7 Å². The van der Waals surface area contributed by atoms with Crippen LogP contribution in [-0.4, -0.2) is 39.4 Å². The third-order valence-electron chi connectivity index (χ3n) is 3.44. The highest BCUT2D eigenvalue weighted by atomic mass is 16.2. The summed E-state index contributed by atoms with van der Waals surface area (Å²) >= 11 is 0. The maximum atomic E-state index is 12.2. The van der Waals surface area contributed by atoms with E-state index in [0.29, 0.717) is 0 Å². The van der Waals surface area contributed by atoms with Crippen molar-refractivity contribution in [2.24, 2.45) is 0 Å². The Bertz CT molecular complexity index is 473. The van der Waals surface area contributed by atoms with Crippen molar-refractivity contribution in [2.45, 2.75) is 52.6 Å². The zero-order valence-corrected chi connectivity index (χ0v) is 12.1. The molecule has 1 aliphatic heterocycles. The summed E-state index contributed by atoms with van der Waals surface area (Å²) in [6.07, 6.45) is 1.70. The first-order valence-electron chi connectivity index (χ1n) is 6.92. The fraction of sp³-hybridized carbons (Fsp3) is 0.643. The first kappa shape index (κ1) is 13.8. The lowest BCUT2D eigenvalue weighted by Gasteiger charge is -2.21. The molecule has 1 saturated heterocycles. The lowest BCUT2D eigenvalue weighted by atomic mass is 10.2. The van der Waals surface area contributed by atoms with E-state index in [4.69, 9.17) is 0 Å². The topological polar surface area (TPSA) is 58.1 Å². The Morgan fingerprint density at radius 3 is 2.79 bits per heavy atom. The number of carbonyl (C=O) groups is 1. The van der Waals surface area contributed by atoms with E-state index in [-0.39, 0.29) is 18.0 Å². The van der Waals surface area contributed by atoms with Gasteiger partial charge in [-0.3, -0.25) is 4.79 Å². The molecule has 2 rings (SSSR count). The maximum Gasteiger partial charge on any atom is 0.245 e. The van der Waals surface area contributed by atoms with E-state index in [2.05, 4.69) is 22.2 Å². The van der Waals surface area contributed by atoms with Gasteiger partial charge in [-0.15, -0.1) is 0 Å². The molecule has 1 aromatic rings. The zero-order chi connectivity index (χ0) is 14.0. The van der Waals surface area contributed by atoms with Crippen LogP contribution in [0.1, 0.15) is 38.7 Å². The van der Waals surface area contributed by atoms with Gasteiger partial charge in [-0.2, -0.15) is 0 Å². The van der Waals surface area contributed by atoms with Gasteiger partial charge < -0.3 is 10.2 Å². The summed E-state index contributed by atoms with van der Waals surface area (Å²) in [6.45, 7) is 8.85. The van der Waals surface area contributed by atoms with E-state index in [1.54, 1.807) is 0 Å². The van der Waals surface area contributed by atoms with Crippen LogP contribution in [0.3, 0.4) is 0 Å². The summed E-state index contributed by atoms with van der Waals surface area (Å²) < 4.78 is 0. The Kier molecular flexibility index (Phi) is 4.02. The number of hydrogen-bond acceptors (Lipinski definition) is 4. The number of aromatic nitrogens is 2. The van der Waals surface area contributed by atoms with Gasteiger partial charge in [-0.1, -0.05) is 6.92 Å². The van der Waals surface area contributed by atoms with Crippen molar-refractivity contribution >= 4 is 11.7 Å². The molecule has 1 atom stereocenters. The Hall–Kier alpha value is -1.65. The average molecular weight is 262 g/mol. The Balaban J connectivity index is 2.10. The molecule has 0 aliphatic carbocycles. The zero-order valence-electron chi connectivity index (χ0n) is 12.1. The summed E-state index contributed by atoms with van der Waals surface area (Å²) in [4.78, 5) is 22.8. The third kappa shape index (κ3) is 3.03. The van der Waals surface area contributed by atoms with E-state index in [9.17, 15) is 4.79 Å². The molecule has 1 unspecified atom stereocenters. The molecule has 19 heavy (non-hydrogen) atoms. The molecular weight excluding hydrogens is 240 g/mol. The van der Waals surface area contributed by atoms with Crippen molar-refractivity contribution in [2.75, 3.05) is 11.9 Å². The first-order chi connectivity index (χ1) is 9.01. The standard InChI is InChI=1S/C14H22N4O/c1-5-11-8-13(16-10(4)15-11)17-12-6-7-18(9(2)3)14(12)19/h8-9,12H,5-7H2,1-4H3,(H,15,16,17). The number of nitrogens with one attached hydrogen (secondary N) is 1. The quantitative estimate of drug-likeness (QED) is 0.898. The summed E-state index contributed by atoms with van der Waals surface area (Å²) in [5, 5.41) is 3.25. The minimum Gasteiger partial charge on any atom is -0.358 e.